The SMILES string of the molecule is CC(C)c1cc2cc(Cl)cc(Br)c2nc1N. The number of hydrogen-bond acceptors (Lipinski definition) is 2. The molecule has 2 N–H and O–H groups in total. The molecule has 0 amide bonds. The summed E-state index contributed by atoms with van der Waals surface area (Å²) in [6, 6.07) is 5.78. The third-order valence-corrected chi connectivity index (χ3v) is 3.34. The first-order chi connectivity index (χ1) is 7.49. The van der Waals surface area contributed by atoms with Crippen LogP contribution in [0.5, 0.6) is 0 Å². The lowest BCUT2D eigenvalue weighted by molar-refractivity contribution is 0.866. The van der Waals surface area contributed by atoms with E-state index in [1.807, 2.05) is 12.1 Å². The maximum absolute atomic E-state index is 6.01. The lowest BCUT2D eigenvalue weighted by Gasteiger charge is -2.11. The van der Waals surface area contributed by atoms with E-state index in [9.17, 15) is 0 Å². The van der Waals surface area contributed by atoms with Gasteiger partial charge in [0.05, 0.1) is 5.52 Å². The van der Waals surface area contributed by atoms with Gasteiger partial charge in [0.25, 0.3) is 0 Å². The monoisotopic (exact) mass is 298 g/mol. The second-order valence-corrected chi connectivity index (χ2v) is 5.37. The molecule has 0 unspecified atom stereocenters. The normalized spacial score (nSPS) is 11.3. The molecule has 16 heavy (non-hydrogen) atoms. The Bertz CT molecular complexity index is 552. The van der Waals surface area contributed by atoms with Crippen molar-refractivity contribution in [2.45, 2.75) is 19.8 Å². The molecule has 2 rings (SSSR count). The van der Waals surface area contributed by atoms with Crippen LogP contribution in [0.4, 0.5) is 5.82 Å². The van der Waals surface area contributed by atoms with Gasteiger partial charge in [-0.2, -0.15) is 0 Å². The fourth-order valence-corrected chi connectivity index (χ4v) is 2.63. The topological polar surface area (TPSA) is 38.9 Å². The highest BCUT2D eigenvalue weighted by atomic mass is 79.9. The van der Waals surface area contributed by atoms with Crippen LogP contribution in [0.1, 0.15) is 25.3 Å². The zero-order chi connectivity index (χ0) is 11.9. The first-order valence-corrected chi connectivity index (χ1v) is 6.21. The van der Waals surface area contributed by atoms with Gasteiger partial charge in [-0.1, -0.05) is 25.4 Å². The molecule has 1 aromatic heterocycles. The van der Waals surface area contributed by atoms with Crippen LogP contribution < -0.4 is 5.73 Å². The zero-order valence-electron chi connectivity index (χ0n) is 9.09. The van der Waals surface area contributed by atoms with Gasteiger partial charge in [0.2, 0.25) is 0 Å². The van der Waals surface area contributed by atoms with E-state index in [0.717, 1.165) is 20.9 Å². The number of pyridine rings is 1. The van der Waals surface area contributed by atoms with E-state index in [1.165, 1.54) is 0 Å². The van der Waals surface area contributed by atoms with Crippen molar-refractivity contribution in [1.29, 1.82) is 0 Å². The second-order valence-electron chi connectivity index (χ2n) is 4.08. The Morgan fingerprint density at radius 1 is 1.31 bits per heavy atom. The molecule has 0 bridgehead atoms. The van der Waals surface area contributed by atoms with Gasteiger partial charge < -0.3 is 5.73 Å². The number of nitrogens with zero attached hydrogens (tertiary/aromatic N) is 1. The number of nitrogens with two attached hydrogens (primary N) is 1. The van der Waals surface area contributed by atoms with Crippen LogP contribution >= 0.6 is 27.5 Å². The Balaban J connectivity index is 2.79. The fourth-order valence-electron chi connectivity index (χ4n) is 1.70. The van der Waals surface area contributed by atoms with Crippen molar-refractivity contribution < 1.29 is 0 Å². The minimum atomic E-state index is 0.356. The third kappa shape index (κ3) is 2.02. The van der Waals surface area contributed by atoms with E-state index in [-0.39, 0.29) is 0 Å². The van der Waals surface area contributed by atoms with Crippen molar-refractivity contribution in [3.05, 3.63) is 33.3 Å². The molecule has 2 aromatic rings. The average Bonchev–Trinajstić information content (AvgIpc) is 2.18. The Morgan fingerprint density at radius 3 is 2.62 bits per heavy atom. The third-order valence-electron chi connectivity index (χ3n) is 2.52. The molecule has 84 valence electrons. The number of nitrogen functional groups attached to an aromatic ring is 1. The van der Waals surface area contributed by atoms with Gasteiger partial charge in [0.1, 0.15) is 5.82 Å². The van der Waals surface area contributed by atoms with Crippen LogP contribution in [-0.2, 0) is 0 Å². The molecule has 0 fully saturated rings. The van der Waals surface area contributed by atoms with Gasteiger partial charge >= 0.3 is 0 Å². The summed E-state index contributed by atoms with van der Waals surface area (Å²) in [5.74, 6) is 0.945. The molecular weight excluding hydrogens is 288 g/mol. The maximum Gasteiger partial charge on any atom is 0.127 e. The quantitative estimate of drug-likeness (QED) is 0.850. The summed E-state index contributed by atoms with van der Waals surface area (Å²) >= 11 is 9.45. The molecule has 0 aliphatic heterocycles. The van der Waals surface area contributed by atoms with Crippen molar-refractivity contribution in [3.63, 3.8) is 0 Å². The molecule has 2 nitrogen and oxygen atoms in total. The Morgan fingerprint density at radius 2 is 2.00 bits per heavy atom. The van der Waals surface area contributed by atoms with Gasteiger partial charge in [0.15, 0.2) is 0 Å². The highest BCUT2D eigenvalue weighted by Gasteiger charge is 2.10. The second kappa shape index (κ2) is 4.22. The maximum atomic E-state index is 6.01. The van der Waals surface area contributed by atoms with Crippen LogP contribution in [0.25, 0.3) is 10.9 Å². The van der Waals surface area contributed by atoms with Gasteiger partial charge in [0, 0.05) is 14.9 Å². The van der Waals surface area contributed by atoms with Gasteiger partial charge in [-0.05, 0) is 45.6 Å². The molecule has 1 heterocycles. The lowest BCUT2D eigenvalue weighted by Crippen LogP contribution is -2.00. The van der Waals surface area contributed by atoms with E-state index in [1.54, 1.807) is 0 Å². The van der Waals surface area contributed by atoms with Crippen LogP contribution in [0.15, 0.2) is 22.7 Å². The van der Waals surface area contributed by atoms with Crippen molar-refractivity contribution in [1.82, 2.24) is 4.98 Å². The molecule has 4 heteroatoms. The molecule has 0 aliphatic carbocycles. The largest absolute Gasteiger partial charge is 0.383 e. The summed E-state index contributed by atoms with van der Waals surface area (Å²) in [5.41, 5.74) is 7.84. The minimum Gasteiger partial charge on any atom is -0.383 e. The fraction of sp³-hybridized carbons (Fsp3) is 0.250. The van der Waals surface area contributed by atoms with Crippen LogP contribution in [0, 0.1) is 0 Å². The zero-order valence-corrected chi connectivity index (χ0v) is 11.4. The summed E-state index contributed by atoms with van der Waals surface area (Å²) in [5, 5.41) is 1.71. The highest BCUT2D eigenvalue weighted by molar-refractivity contribution is 9.10. The molecule has 0 radical (unpaired) electrons. The Labute approximate surface area is 108 Å². The van der Waals surface area contributed by atoms with E-state index in [4.69, 9.17) is 17.3 Å². The predicted octanol–water partition coefficient (Wildman–Crippen LogP) is 4.36. The van der Waals surface area contributed by atoms with E-state index in [0.29, 0.717) is 16.8 Å². The summed E-state index contributed by atoms with van der Waals surface area (Å²) in [4.78, 5) is 4.41. The summed E-state index contributed by atoms with van der Waals surface area (Å²) in [6.07, 6.45) is 0. The van der Waals surface area contributed by atoms with Crippen molar-refractivity contribution in [3.8, 4) is 0 Å². The van der Waals surface area contributed by atoms with Crippen molar-refractivity contribution >= 4 is 44.3 Å². The van der Waals surface area contributed by atoms with Gasteiger partial charge in [-0.3, -0.25) is 0 Å². The highest BCUT2D eigenvalue weighted by Crippen LogP contribution is 2.31. The molecule has 0 spiro atoms. The number of halogens is 2. The molecule has 1 aromatic carbocycles. The van der Waals surface area contributed by atoms with Crippen LogP contribution in [0.3, 0.4) is 0 Å². The molecule has 0 aliphatic rings. The smallest absolute Gasteiger partial charge is 0.127 e. The number of anilines is 1. The number of hydrogen-bond donors (Lipinski definition) is 1. The standard InChI is InChI=1S/C12H12BrClN2/c1-6(2)9-4-7-3-8(14)5-10(13)11(7)16-12(9)15/h3-6H,1-2H3,(H2,15,16). The minimum absolute atomic E-state index is 0.356. The first kappa shape index (κ1) is 11.7. The summed E-state index contributed by atoms with van der Waals surface area (Å²) in [6.45, 7) is 4.19. The van der Waals surface area contributed by atoms with Crippen LogP contribution in [-0.4, -0.2) is 4.98 Å². The molecule has 0 saturated heterocycles. The number of fused-ring (bicyclic) bond motifs is 1. The molecule has 0 atom stereocenters. The number of aromatic nitrogens is 1. The van der Waals surface area contributed by atoms with Gasteiger partial charge in [-0.15, -0.1) is 0 Å². The first-order valence-electron chi connectivity index (χ1n) is 5.04. The van der Waals surface area contributed by atoms with Gasteiger partial charge in [-0.25, -0.2) is 4.98 Å². The Hall–Kier alpha value is -0.800. The average molecular weight is 300 g/mol. The van der Waals surface area contributed by atoms with Crippen LogP contribution in [0.2, 0.25) is 5.02 Å². The summed E-state index contributed by atoms with van der Waals surface area (Å²) < 4.78 is 0.872. The van der Waals surface area contributed by atoms with E-state index >= 15 is 0 Å². The Kier molecular flexibility index (Phi) is 3.08. The van der Waals surface area contributed by atoms with E-state index < -0.39 is 0 Å². The van der Waals surface area contributed by atoms with E-state index in [2.05, 4.69) is 40.8 Å². The lowest BCUT2D eigenvalue weighted by atomic mass is 10.0. The van der Waals surface area contributed by atoms with Crippen molar-refractivity contribution in [2.75, 3.05) is 5.73 Å². The predicted molar refractivity (Wildman–Crippen MR) is 73.0 cm³/mol. The molecule has 0 saturated carbocycles. The summed E-state index contributed by atoms with van der Waals surface area (Å²) in [7, 11) is 0. The number of rotatable bonds is 1. The number of benzene rings is 1. The van der Waals surface area contributed by atoms with Crippen molar-refractivity contribution in [2.24, 2.45) is 0 Å². The molecular formula is C12H12BrClN2.